The molecule has 0 amide bonds. The van der Waals surface area contributed by atoms with Crippen LogP contribution in [0.2, 0.25) is 0 Å². The summed E-state index contributed by atoms with van der Waals surface area (Å²) in [5.74, 6) is -0.447. The highest BCUT2D eigenvalue weighted by atomic mass is 19.1. The Morgan fingerprint density at radius 3 is 2.06 bits per heavy atom. The van der Waals surface area contributed by atoms with Crippen LogP contribution in [0, 0.1) is 11.2 Å². The lowest BCUT2D eigenvalue weighted by atomic mass is 9.82. The third kappa shape index (κ3) is 3.54. The summed E-state index contributed by atoms with van der Waals surface area (Å²) in [6, 6.07) is 24.4. The van der Waals surface area contributed by atoms with Crippen molar-refractivity contribution in [1.82, 2.24) is 4.98 Å². The molecule has 1 aromatic heterocycles. The van der Waals surface area contributed by atoms with E-state index in [0.717, 1.165) is 22.3 Å². The molecule has 0 aliphatic carbocycles. The lowest BCUT2D eigenvalue weighted by Crippen LogP contribution is -2.59. The van der Waals surface area contributed by atoms with E-state index >= 15 is 0 Å². The maximum atomic E-state index is 13.2. The normalized spacial score (nSPS) is 14.8. The first-order valence-electron chi connectivity index (χ1n) is 10.3. The SMILES string of the molecule is CC1(C(=O)O)CN(c2nc(-c3ccc(-c4ccc(F)cc4)cc3)c(-c3ccccc3)o2)C1. The Labute approximate surface area is 184 Å². The molecule has 3 aromatic carbocycles. The van der Waals surface area contributed by atoms with Crippen LogP contribution < -0.4 is 4.90 Å². The summed E-state index contributed by atoms with van der Waals surface area (Å²) in [6.45, 7) is 2.42. The van der Waals surface area contributed by atoms with E-state index in [-0.39, 0.29) is 5.82 Å². The van der Waals surface area contributed by atoms with Crippen LogP contribution in [0.4, 0.5) is 10.4 Å². The minimum atomic E-state index is -0.819. The number of halogens is 1. The lowest BCUT2D eigenvalue weighted by molar-refractivity contribution is -0.149. The van der Waals surface area contributed by atoms with Gasteiger partial charge in [0.25, 0.3) is 6.01 Å². The predicted octanol–water partition coefficient (Wildman–Crippen LogP) is 5.73. The average Bonchev–Trinajstić information content (AvgIpc) is 3.23. The number of carboxylic acid groups (broad SMARTS) is 1. The van der Waals surface area contributed by atoms with E-state index in [2.05, 4.69) is 0 Å². The molecular weight excluding hydrogens is 407 g/mol. The molecule has 1 saturated heterocycles. The molecule has 1 fully saturated rings. The summed E-state index contributed by atoms with van der Waals surface area (Å²) in [5, 5.41) is 9.41. The van der Waals surface area contributed by atoms with Gasteiger partial charge < -0.3 is 14.4 Å². The van der Waals surface area contributed by atoms with Gasteiger partial charge in [-0.1, -0.05) is 66.7 Å². The average molecular weight is 428 g/mol. The highest BCUT2D eigenvalue weighted by Gasteiger charge is 2.47. The highest BCUT2D eigenvalue weighted by molar-refractivity contribution is 5.81. The van der Waals surface area contributed by atoms with Crippen LogP contribution in [-0.2, 0) is 4.79 Å². The third-order valence-electron chi connectivity index (χ3n) is 5.85. The monoisotopic (exact) mass is 428 g/mol. The molecule has 1 aliphatic heterocycles. The van der Waals surface area contributed by atoms with E-state index in [9.17, 15) is 14.3 Å². The zero-order valence-corrected chi connectivity index (χ0v) is 17.5. The first-order chi connectivity index (χ1) is 15.4. The van der Waals surface area contributed by atoms with Crippen LogP contribution in [0.25, 0.3) is 33.7 Å². The fraction of sp³-hybridized carbons (Fsp3) is 0.154. The lowest BCUT2D eigenvalue weighted by Gasteiger charge is -2.43. The summed E-state index contributed by atoms with van der Waals surface area (Å²) in [7, 11) is 0. The number of rotatable bonds is 5. The van der Waals surface area contributed by atoms with Gasteiger partial charge in [-0.2, -0.15) is 4.98 Å². The molecule has 1 N–H and O–H groups in total. The summed E-state index contributed by atoms with van der Waals surface area (Å²) >= 11 is 0. The molecule has 0 radical (unpaired) electrons. The number of anilines is 1. The Morgan fingerprint density at radius 2 is 1.47 bits per heavy atom. The van der Waals surface area contributed by atoms with Crippen molar-refractivity contribution in [2.75, 3.05) is 18.0 Å². The quantitative estimate of drug-likeness (QED) is 0.440. The molecule has 0 spiro atoms. The zero-order chi connectivity index (χ0) is 22.3. The molecule has 2 heterocycles. The van der Waals surface area contributed by atoms with Crippen molar-refractivity contribution in [3.63, 3.8) is 0 Å². The van der Waals surface area contributed by atoms with Gasteiger partial charge in [0.1, 0.15) is 16.9 Å². The minimum absolute atomic E-state index is 0.266. The van der Waals surface area contributed by atoms with Gasteiger partial charge in [0, 0.05) is 24.2 Å². The van der Waals surface area contributed by atoms with E-state index in [1.54, 1.807) is 19.1 Å². The smallest absolute Gasteiger partial charge is 0.312 e. The molecule has 1 aliphatic rings. The molecule has 5 rings (SSSR count). The molecule has 0 bridgehead atoms. The summed E-state index contributed by atoms with van der Waals surface area (Å²) in [4.78, 5) is 18.0. The topological polar surface area (TPSA) is 66.6 Å². The van der Waals surface area contributed by atoms with E-state index in [4.69, 9.17) is 9.40 Å². The predicted molar refractivity (Wildman–Crippen MR) is 121 cm³/mol. The van der Waals surface area contributed by atoms with Gasteiger partial charge in [-0.25, -0.2) is 4.39 Å². The van der Waals surface area contributed by atoms with Gasteiger partial charge in [0.15, 0.2) is 5.76 Å². The van der Waals surface area contributed by atoms with E-state index in [1.165, 1.54) is 12.1 Å². The zero-order valence-electron chi connectivity index (χ0n) is 17.5. The number of nitrogens with zero attached hydrogens (tertiary/aromatic N) is 2. The van der Waals surface area contributed by atoms with Crippen molar-refractivity contribution in [2.24, 2.45) is 5.41 Å². The number of carboxylic acids is 1. The molecule has 6 heteroatoms. The molecular formula is C26H21FN2O3. The molecule has 0 unspecified atom stereocenters. The Morgan fingerprint density at radius 1 is 0.906 bits per heavy atom. The van der Waals surface area contributed by atoms with Crippen LogP contribution >= 0.6 is 0 Å². The largest absolute Gasteiger partial charge is 0.481 e. The molecule has 160 valence electrons. The second-order valence-corrected chi connectivity index (χ2v) is 8.35. The van der Waals surface area contributed by atoms with Crippen molar-refractivity contribution in [3.05, 3.63) is 84.7 Å². The van der Waals surface area contributed by atoms with Crippen LogP contribution in [0.15, 0.2) is 83.3 Å². The van der Waals surface area contributed by atoms with Crippen LogP contribution in [-0.4, -0.2) is 29.1 Å². The number of oxazole rings is 1. The second kappa shape index (κ2) is 7.64. The summed E-state index contributed by atoms with van der Waals surface area (Å²) < 4.78 is 19.4. The standard InChI is InChI=1S/C26H21FN2O3/c1-26(24(30)31)15-29(16-26)25-28-22(23(32-25)20-5-3-2-4-6-20)19-9-7-17(8-10-19)18-11-13-21(27)14-12-18/h2-14H,15-16H2,1H3,(H,30,31). The fourth-order valence-corrected chi connectivity index (χ4v) is 3.95. The van der Waals surface area contributed by atoms with Crippen molar-refractivity contribution >= 4 is 12.0 Å². The molecule has 5 nitrogen and oxygen atoms in total. The van der Waals surface area contributed by atoms with Gasteiger partial charge in [0.05, 0.1) is 0 Å². The van der Waals surface area contributed by atoms with Crippen LogP contribution in [0.3, 0.4) is 0 Å². The Kier molecular flexibility index (Phi) is 4.78. The first kappa shape index (κ1) is 20.0. The first-order valence-corrected chi connectivity index (χ1v) is 10.3. The van der Waals surface area contributed by atoms with Gasteiger partial charge in [-0.15, -0.1) is 0 Å². The van der Waals surface area contributed by atoms with Crippen molar-refractivity contribution in [3.8, 4) is 33.7 Å². The van der Waals surface area contributed by atoms with Crippen molar-refractivity contribution in [1.29, 1.82) is 0 Å². The summed E-state index contributed by atoms with van der Waals surface area (Å²) in [6.07, 6.45) is 0. The number of aliphatic carboxylic acids is 1. The number of hydrogen-bond acceptors (Lipinski definition) is 4. The van der Waals surface area contributed by atoms with Crippen molar-refractivity contribution < 1.29 is 18.7 Å². The number of aromatic nitrogens is 1. The minimum Gasteiger partial charge on any atom is -0.481 e. The van der Waals surface area contributed by atoms with Crippen LogP contribution in [0.1, 0.15) is 6.92 Å². The number of carbonyl (C=O) groups is 1. The van der Waals surface area contributed by atoms with Crippen molar-refractivity contribution in [2.45, 2.75) is 6.92 Å². The maximum Gasteiger partial charge on any atom is 0.312 e. The van der Waals surface area contributed by atoms with Gasteiger partial charge >= 0.3 is 5.97 Å². The molecule has 0 atom stereocenters. The van der Waals surface area contributed by atoms with E-state index < -0.39 is 11.4 Å². The fourth-order valence-electron chi connectivity index (χ4n) is 3.95. The second-order valence-electron chi connectivity index (χ2n) is 8.35. The van der Waals surface area contributed by atoms with E-state index in [0.29, 0.717) is 30.6 Å². The molecule has 32 heavy (non-hydrogen) atoms. The Hall–Kier alpha value is -3.93. The third-order valence-corrected chi connectivity index (χ3v) is 5.85. The Balaban J connectivity index is 1.50. The van der Waals surface area contributed by atoms with E-state index in [1.807, 2.05) is 59.5 Å². The molecule has 0 saturated carbocycles. The van der Waals surface area contributed by atoms with Gasteiger partial charge in [-0.05, 0) is 30.2 Å². The maximum absolute atomic E-state index is 13.2. The number of hydrogen-bond donors (Lipinski definition) is 1. The Bertz CT molecular complexity index is 1260. The highest BCUT2D eigenvalue weighted by Crippen LogP contribution is 2.40. The number of benzene rings is 3. The summed E-state index contributed by atoms with van der Waals surface area (Å²) in [5.41, 5.74) is 3.57. The van der Waals surface area contributed by atoms with Gasteiger partial charge in [-0.3, -0.25) is 4.79 Å². The van der Waals surface area contributed by atoms with Gasteiger partial charge in [0.2, 0.25) is 0 Å². The molecule has 4 aromatic rings. The van der Waals surface area contributed by atoms with Crippen LogP contribution in [0.5, 0.6) is 0 Å².